The van der Waals surface area contributed by atoms with E-state index >= 15 is 0 Å². The molecular formula is C16H23N. The molecule has 1 nitrogen and oxygen atoms in total. The van der Waals surface area contributed by atoms with Crippen LogP contribution in [0.4, 0.5) is 0 Å². The minimum absolute atomic E-state index is 0.788. The van der Waals surface area contributed by atoms with Crippen LogP contribution < -0.4 is 0 Å². The fraction of sp³-hybridized carbons (Fsp3) is 0.562. The number of allylic oxidation sites excluding steroid dienone is 2. The summed E-state index contributed by atoms with van der Waals surface area (Å²) in [6, 6.07) is 6.37. The zero-order chi connectivity index (χ0) is 12.1. The lowest BCUT2D eigenvalue weighted by molar-refractivity contribution is 0.420. The summed E-state index contributed by atoms with van der Waals surface area (Å²) in [6.45, 7) is 4.36. The van der Waals surface area contributed by atoms with E-state index in [2.05, 4.69) is 43.1 Å². The van der Waals surface area contributed by atoms with E-state index in [1.54, 1.807) is 0 Å². The first-order valence-corrected chi connectivity index (χ1v) is 6.94. The van der Waals surface area contributed by atoms with Crippen molar-refractivity contribution in [3.63, 3.8) is 0 Å². The molecule has 1 aromatic heterocycles. The van der Waals surface area contributed by atoms with Crippen molar-refractivity contribution in [3.05, 3.63) is 35.7 Å². The van der Waals surface area contributed by atoms with Crippen LogP contribution in [0.3, 0.4) is 0 Å². The number of aryl methyl sites for hydroxylation is 1. The molecular weight excluding hydrogens is 206 g/mol. The van der Waals surface area contributed by atoms with Crippen molar-refractivity contribution in [1.82, 2.24) is 4.98 Å². The lowest BCUT2D eigenvalue weighted by Crippen LogP contribution is -2.03. The number of hydrogen-bond donors (Lipinski definition) is 0. The molecule has 2 rings (SSSR count). The van der Waals surface area contributed by atoms with Gasteiger partial charge in [-0.05, 0) is 49.8 Å². The van der Waals surface area contributed by atoms with Crippen LogP contribution in [0.1, 0.15) is 57.3 Å². The average molecular weight is 229 g/mol. The predicted octanol–water partition coefficient (Wildman–Crippen LogP) is 4.63. The molecule has 0 saturated heterocycles. The van der Waals surface area contributed by atoms with Gasteiger partial charge in [-0.2, -0.15) is 0 Å². The van der Waals surface area contributed by atoms with Crippen molar-refractivity contribution in [2.45, 2.75) is 52.4 Å². The Hall–Kier alpha value is -1.11. The van der Waals surface area contributed by atoms with Crippen molar-refractivity contribution >= 4 is 5.57 Å². The summed E-state index contributed by atoms with van der Waals surface area (Å²) in [5.74, 6) is 0.788. The van der Waals surface area contributed by atoms with E-state index < -0.39 is 0 Å². The summed E-state index contributed by atoms with van der Waals surface area (Å²) in [5, 5.41) is 0. The highest BCUT2D eigenvalue weighted by atomic mass is 14.7. The fourth-order valence-corrected chi connectivity index (χ4v) is 2.64. The van der Waals surface area contributed by atoms with E-state index in [1.165, 1.54) is 43.4 Å². The maximum atomic E-state index is 4.69. The van der Waals surface area contributed by atoms with Gasteiger partial charge in [0.05, 0.1) is 5.69 Å². The summed E-state index contributed by atoms with van der Waals surface area (Å²) in [4.78, 5) is 4.69. The molecule has 0 spiro atoms. The number of pyridine rings is 1. The average Bonchev–Trinajstić information content (AvgIpc) is 2.40. The lowest BCUT2D eigenvalue weighted by atomic mass is 9.87. The van der Waals surface area contributed by atoms with Gasteiger partial charge in [0.15, 0.2) is 0 Å². The SMILES string of the molecule is CCc1cccc(/C(C)=C/C2CCCCC2)n1. The second-order valence-electron chi connectivity index (χ2n) is 5.12. The molecule has 0 bridgehead atoms. The van der Waals surface area contributed by atoms with E-state index in [9.17, 15) is 0 Å². The Kier molecular flexibility index (Phi) is 4.36. The largest absolute Gasteiger partial charge is 0.253 e. The Balaban J connectivity index is 2.11. The van der Waals surface area contributed by atoms with E-state index in [1.807, 2.05) is 0 Å². The maximum Gasteiger partial charge on any atom is 0.0659 e. The molecule has 1 aliphatic carbocycles. The second-order valence-corrected chi connectivity index (χ2v) is 5.12. The smallest absolute Gasteiger partial charge is 0.0659 e. The van der Waals surface area contributed by atoms with Crippen LogP contribution in [0.5, 0.6) is 0 Å². The molecule has 0 radical (unpaired) electrons. The Bertz CT molecular complexity index is 386. The Morgan fingerprint density at radius 3 is 2.76 bits per heavy atom. The third-order valence-electron chi connectivity index (χ3n) is 3.71. The van der Waals surface area contributed by atoms with Gasteiger partial charge in [0.25, 0.3) is 0 Å². The summed E-state index contributed by atoms with van der Waals surface area (Å²) >= 11 is 0. The molecule has 0 unspecified atom stereocenters. The van der Waals surface area contributed by atoms with Gasteiger partial charge in [-0.15, -0.1) is 0 Å². The minimum atomic E-state index is 0.788. The molecule has 0 atom stereocenters. The summed E-state index contributed by atoms with van der Waals surface area (Å²) < 4.78 is 0. The van der Waals surface area contributed by atoms with Gasteiger partial charge in [-0.1, -0.05) is 38.3 Å². The van der Waals surface area contributed by atoms with E-state index in [0.29, 0.717) is 0 Å². The standard InChI is InChI=1S/C16H23N/c1-3-15-10-7-11-16(17-15)13(2)12-14-8-5-4-6-9-14/h7,10-12,14H,3-6,8-9H2,1-2H3/b13-12+. The molecule has 0 aromatic carbocycles. The molecule has 0 aliphatic heterocycles. The first-order valence-electron chi connectivity index (χ1n) is 6.94. The van der Waals surface area contributed by atoms with Gasteiger partial charge in [0, 0.05) is 5.69 Å². The highest BCUT2D eigenvalue weighted by Crippen LogP contribution is 2.27. The molecule has 1 heteroatoms. The molecule has 1 aromatic rings. The first-order chi connectivity index (χ1) is 8.29. The van der Waals surface area contributed by atoms with Crippen molar-refractivity contribution in [2.75, 3.05) is 0 Å². The highest BCUT2D eigenvalue weighted by Gasteiger charge is 2.11. The van der Waals surface area contributed by atoms with Crippen LogP contribution in [0.2, 0.25) is 0 Å². The lowest BCUT2D eigenvalue weighted by Gasteiger charge is -2.19. The van der Waals surface area contributed by atoms with Crippen LogP contribution in [-0.2, 0) is 6.42 Å². The van der Waals surface area contributed by atoms with Gasteiger partial charge in [0.2, 0.25) is 0 Å². The topological polar surface area (TPSA) is 12.9 Å². The minimum Gasteiger partial charge on any atom is -0.253 e. The molecule has 1 heterocycles. The van der Waals surface area contributed by atoms with Gasteiger partial charge in [-0.3, -0.25) is 4.98 Å². The fourth-order valence-electron chi connectivity index (χ4n) is 2.64. The quantitative estimate of drug-likeness (QED) is 0.736. The van der Waals surface area contributed by atoms with Crippen molar-refractivity contribution in [1.29, 1.82) is 0 Å². The molecule has 17 heavy (non-hydrogen) atoms. The molecule has 1 fully saturated rings. The number of nitrogens with zero attached hydrogens (tertiary/aromatic N) is 1. The van der Waals surface area contributed by atoms with E-state index in [-0.39, 0.29) is 0 Å². The van der Waals surface area contributed by atoms with Crippen molar-refractivity contribution in [3.8, 4) is 0 Å². The monoisotopic (exact) mass is 229 g/mol. The number of aromatic nitrogens is 1. The zero-order valence-corrected chi connectivity index (χ0v) is 11.1. The van der Waals surface area contributed by atoms with E-state index in [4.69, 9.17) is 0 Å². The molecule has 0 amide bonds. The highest BCUT2D eigenvalue weighted by molar-refractivity contribution is 5.60. The first kappa shape index (κ1) is 12.3. The van der Waals surface area contributed by atoms with Gasteiger partial charge in [0.1, 0.15) is 0 Å². The third kappa shape index (κ3) is 3.42. The zero-order valence-electron chi connectivity index (χ0n) is 11.1. The summed E-state index contributed by atoms with van der Waals surface area (Å²) in [6.07, 6.45) is 10.4. The normalized spacial score (nSPS) is 18.4. The summed E-state index contributed by atoms with van der Waals surface area (Å²) in [5.41, 5.74) is 3.71. The van der Waals surface area contributed by atoms with Crippen molar-refractivity contribution in [2.24, 2.45) is 5.92 Å². The van der Waals surface area contributed by atoms with Crippen LogP contribution in [0.25, 0.3) is 5.57 Å². The Morgan fingerprint density at radius 1 is 1.29 bits per heavy atom. The number of hydrogen-bond acceptors (Lipinski definition) is 1. The molecule has 1 saturated carbocycles. The van der Waals surface area contributed by atoms with Crippen LogP contribution >= 0.6 is 0 Å². The number of rotatable bonds is 3. The van der Waals surface area contributed by atoms with Crippen molar-refractivity contribution < 1.29 is 0 Å². The molecule has 92 valence electrons. The van der Waals surface area contributed by atoms with Gasteiger partial charge < -0.3 is 0 Å². The molecule has 0 N–H and O–H groups in total. The van der Waals surface area contributed by atoms with Crippen LogP contribution in [-0.4, -0.2) is 4.98 Å². The van der Waals surface area contributed by atoms with Gasteiger partial charge >= 0.3 is 0 Å². The Labute approximate surface area is 105 Å². The second kappa shape index (κ2) is 6.00. The van der Waals surface area contributed by atoms with E-state index in [0.717, 1.165) is 18.0 Å². The Morgan fingerprint density at radius 2 is 2.06 bits per heavy atom. The van der Waals surface area contributed by atoms with Crippen LogP contribution in [0.15, 0.2) is 24.3 Å². The predicted molar refractivity (Wildman–Crippen MR) is 73.8 cm³/mol. The van der Waals surface area contributed by atoms with Crippen LogP contribution in [0, 0.1) is 5.92 Å². The van der Waals surface area contributed by atoms with Gasteiger partial charge in [-0.25, -0.2) is 0 Å². The molecule has 1 aliphatic rings. The third-order valence-corrected chi connectivity index (χ3v) is 3.71. The summed E-state index contributed by atoms with van der Waals surface area (Å²) in [7, 11) is 0. The maximum absolute atomic E-state index is 4.69.